The number of rotatable bonds is 3. The topological polar surface area (TPSA) is 29.5 Å². The summed E-state index contributed by atoms with van der Waals surface area (Å²) >= 11 is 0. The monoisotopic (exact) mass is 244 g/mol. The highest BCUT2D eigenvalue weighted by Gasteiger charge is 2.21. The van der Waals surface area contributed by atoms with E-state index in [1.807, 2.05) is 31.2 Å². The molecule has 2 nitrogen and oxygen atoms in total. The van der Waals surface area contributed by atoms with Gasteiger partial charge in [0.25, 0.3) is 0 Å². The highest BCUT2D eigenvalue weighted by Crippen LogP contribution is 2.09. The lowest BCUT2D eigenvalue weighted by Gasteiger charge is -2.12. The summed E-state index contributed by atoms with van der Waals surface area (Å²) in [7, 11) is 1.50. The van der Waals surface area contributed by atoms with Crippen LogP contribution >= 0.6 is 0 Å². The summed E-state index contributed by atoms with van der Waals surface area (Å²) in [4.78, 5) is 0. The Morgan fingerprint density at radius 2 is 1.78 bits per heavy atom. The van der Waals surface area contributed by atoms with Crippen LogP contribution in [-0.4, -0.2) is 19.0 Å². The molecule has 0 bridgehead atoms. The molecule has 0 unspecified atom stereocenters. The minimum Gasteiger partial charge on any atom is -0.497 e. The molecule has 18 heavy (non-hydrogen) atoms. The first-order valence-electron chi connectivity index (χ1n) is 5.70. The van der Waals surface area contributed by atoms with E-state index >= 15 is 0 Å². The van der Waals surface area contributed by atoms with Crippen LogP contribution < -0.4 is 15.7 Å². The Kier molecular flexibility index (Phi) is 3.67. The Morgan fingerprint density at radius 3 is 2.39 bits per heavy atom. The summed E-state index contributed by atoms with van der Waals surface area (Å²) in [5.74, 6) is 0.0847. The van der Waals surface area contributed by atoms with Crippen LogP contribution in [0.25, 0.3) is 0 Å². The van der Waals surface area contributed by atoms with Crippen molar-refractivity contribution in [2.24, 2.45) is 0 Å². The Bertz CT molecular complexity index is 540. The lowest BCUT2D eigenvalue weighted by Crippen LogP contribution is -2.43. The van der Waals surface area contributed by atoms with Gasteiger partial charge in [0.1, 0.15) is 11.6 Å². The first-order valence-corrected chi connectivity index (χ1v) is 5.70. The molecule has 92 valence electrons. The van der Waals surface area contributed by atoms with Gasteiger partial charge in [0.15, 0.2) is 0 Å². The first kappa shape index (κ1) is 12.6. The molecule has 0 heterocycles. The molecule has 0 saturated carbocycles. The molecule has 0 fully saturated rings. The van der Waals surface area contributed by atoms with Gasteiger partial charge in [-0.1, -0.05) is 29.8 Å². The Labute approximate surface area is 106 Å². The van der Waals surface area contributed by atoms with Gasteiger partial charge in [0.05, 0.1) is 7.11 Å². The lowest BCUT2D eigenvalue weighted by atomic mass is 9.55. The highest BCUT2D eigenvalue weighted by atomic mass is 19.1. The summed E-state index contributed by atoms with van der Waals surface area (Å²) in [5, 5.41) is 10.3. The molecule has 0 aromatic heterocycles. The third-order valence-electron chi connectivity index (χ3n) is 2.88. The fourth-order valence-corrected chi connectivity index (χ4v) is 1.85. The SMILES string of the molecule is COc1ccc(F)cc1B(O)c1ccc(C)cc1. The zero-order valence-corrected chi connectivity index (χ0v) is 10.4. The normalized spacial score (nSPS) is 10.2. The highest BCUT2D eigenvalue weighted by molar-refractivity contribution is 6.79. The summed E-state index contributed by atoms with van der Waals surface area (Å²) < 4.78 is 18.4. The fraction of sp³-hybridized carbons (Fsp3) is 0.143. The fourth-order valence-electron chi connectivity index (χ4n) is 1.85. The maximum atomic E-state index is 13.3. The molecule has 1 N–H and O–H groups in total. The molecule has 0 aliphatic carbocycles. The Morgan fingerprint density at radius 1 is 1.11 bits per heavy atom. The second-order valence-corrected chi connectivity index (χ2v) is 4.20. The molecule has 0 aliphatic rings. The van der Waals surface area contributed by atoms with E-state index in [-0.39, 0.29) is 0 Å². The van der Waals surface area contributed by atoms with Crippen molar-refractivity contribution in [1.82, 2.24) is 0 Å². The van der Waals surface area contributed by atoms with Gasteiger partial charge in [-0.3, -0.25) is 0 Å². The van der Waals surface area contributed by atoms with Gasteiger partial charge in [-0.05, 0) is 30.6 Å². The molecule has 0 saturated heterocycles. The van der Waals surface area contributed by atoms with Crippen molar-refractivity contribution in [1.29, 1.82) is 0 Å². The van der Waals surface area contributed by atoms with Gasteiger partial charge in [-0.25, -0.2) is 4.39 Å². The molecular weight excluding hydrogens is 230 g/mol. The third-order valence-corrected chi connectivity index (χ3v) is 2.88. The summed E-state index contributed by atoms with van der Waals surface area (Å²) in [5.41, 5.74) is 2.25. The standard InChI is InChI=1S/C14H14BFO2/c1-10-3-5-11(6-4-10)15(17)13-9-12(16)7-8-14(13)18-2/h3-9,17H,1-2H3. The lowest BCUT2D eigenvalue weighted by molar-refractivity contribution is 0.416. The zero-order valence-electron chi connectivity index (χ0n) is 10.4. The molecule has 0 aliphatic heterocycles. The van der Waals surface area contributed by atoms with Crippen molar-refractivity contribution >= 4 is 17.8 Å². The van der Waals surface area contributed by atoms with Gasteiger partial charge in [0.2, 0.25) is 0 Å². The van der Waals surface area contributed by atoms with Gasteiger partial charge < -0.3 is 9.76 Å². The van der Waals surface area contributed by atoms with Gasteiger partial charge in [-0.2, -0.15) is 0 Å². The van der Waals surface area contributed by atoms with E-state index in [1.54, 1.807) is 0 Å². The quantitative estimate of drug-likeness (QED) is 0.823. The van der Waals surface area contributed by atoms with Crippen LogP contribution in [0.5, 0.6) is 5.75 Å². The maximum absolute atomic E-state index is 13.3. The number of hydrogen-bond acceptors (Lipinski definition) is 2. The van der Waals surface area contributed by atoms with Gasteiger partial charge in [0, 0.05) is 5.46 Å². The van der Waals surface area contributed by atoms with Crippen LogP contribution in [0, 0.1) is 12.7 Å². The van der Waals surface area contributed by atoms with E-state index in [9.17, 15) is 9.41 Å². The largest absolute Gasteiger partial charge is 0.497 e. The number of hydrogen-bond donors (Lipinski definition) is 1. The summed E-state index contributed by atoms with van der Waals surface area (Å²) in [6.45, 7) is 1.08. The van der Waals surface area contributed by atoms with Crippen LogP contribution in [0.1, 0.15) is 5.56 Å². The van der Waals surface area contributed by atoms with Gasteiger partial charge >= 0.3 is 6.92 Å². The first-order chi connectivity index (χ1) is 8.61. The second kappa shape index (κ2) is 5.23. The van der Waals surface area contributed by atoms with Crippen molar-refractivity contribution in [3.8, 4) is 5.75 Å². The van der Waals surface area contributed by atoms with Crippen molar-refractivity contribution in [3.63, 3.8) is 0 Å². The Hall–Kier alpha value is -1.81. The second-order valence-electron chi connectivity index (χ2n) is 4.20. The van der Waals surface area contributed by atoms with E-state index in [2.05, 4.69) is 0 Å². The molecule has 0 amide bonds. The third kappa shape index (κ3) is 2.54. The summed E-state index contributed by atoms with van der Waals surface area (Å²) in [6, 6.07) is 11.6. The van der Waals surface area contributed by atoms with Crippen LogP contribution in [-0.2, 0) is 0 Å². The molecule has 2 rings (SSSR count). The van der Waals surface area contributed by atoms with Crippen molar-refractivity contribution in [2.75, 3.05) is 7.11 Å². The van der Waals surface area contributed by atoms with Crippen molar-refractivity contribution in [2.45, 2.75) is 6.92 Å². The molecular formula is C14H14BFO2. The smallest absolute Gasteiger partial charge is 0.362 e. The summed E-state index contributed by atoms with van der Waals surface area (Å²) in [6.07, 6.45) is 0. The number of halogens is 1. The minimum absolute atomic E-state index is 0.392. The Balaban J connectivity index is 2.41. The van der Waals surface area contributed by atoms with E-state index < -0.39 is 12.7 Å². The van der Waals surface area contributed by atoms with Crippen molar-refractivity contribution < 1.29 is 14.2 Å². The van der Waals surface area contributed by atoms with Crippen LogP contribution in [0.15, 0.2) is 42.5 Å². The van der Waals surface area contributed by atoms with Crippen molar-refractivity contribution in [3.05, 3.63) is 53.8 Å². The molecule has 4 heteroatoms. The average Bonchev–Trinajstić information content (AvgIpc) is 2.39. The molecule has 0 radical (unpaired) electrons. The molecule has 2 aromatic carbocycles. The number of benzene rings is 2. The van der Waals surface area contributed by atoms with Crippen LogP contribution in [0.4, 0.5) is 4.39 Å². The minimum atomic E-state index is -0.892. The number of methoxy groups -OCH3 is 1. The predicted molar refractivity (Wildman–Crippen MR) is 71.4 cm³/mol. The molecule has 2 aromatic rings. The van der Waals surface area contributed by atoms with E-state index in [1.165, 1.54) is 25.3 Å². The number of aryl methyl sites for hydroxylation is 1. The van der Waals surface area contributed by atoms with E-state index in [0.717, 1.165) is 5.56 Å². The number of ether oxygens (including phenoxy) is 1. The maximum Gasteiger partial charge on any atom is 0.362 e. The van der Waals surface area contributed by atoms with Gasteiger partial charge in [-0.15, -0.1) is 0 Å². The molecule has 0 atom stereocenters. The average molecular weight is 244 g/mol. The predicted octanol–water partition coefficient (Wildman–Crippen LogP) is 1.24. The van der Waals surface area contributed by atoms with Crippen LogP contribution in [0.2, 0.25) is 0 Å². The zero-order chi connectivity index (χ0) is 13.1. The van der Waals surface area contributed by atoms with E-state index in [0.29, 0.717) is 16.7 Å². The van der Waals surface area contributed by atoms with E-state index in [4.69, 9.17) is 4.74 Å². The molecule has 0 spiro atoms. The van der Waals surface area contributed by atoms with Crippen LogP contribution in [0.3, 0.4) is 0 Å².